The first-order valence-electron chi connectivity index (χ1n) is 6.75. The SMILES string of the molecule is CC(=NO)c1ccc(F)cc1OC1CCCC(C)C1. The van der Waals surface area contributed by atoms with E-state index in [1.807, 2.05) is 0 Å². The summed E-state index contributed by atoms with van der Waals surface area (Å²) in [5, 5.41) is 12.0. The van der Waals surface area contributed by atoms with Crippen LogP contribution in [0.25, 0.3) is 0 Å². The normalized spacial score (nSPS) is 24.3. The monoisotopic (exact) mass is 265 g/mol. The lowest BCUT2D eigenvalue weighted by molar-refractivity contribution is 0.128. The van der Waals surface area contributed by atoms with Crippen LogP contribution in [0.3, 0.4) is 0 Å². The topological polar surface area (TPSA) is 41.8 Å². The minimum absolute atomic E-state index is 0.121. The van der Waals surface area contributed by atoms with Gasteiger partial charge < -0.3 is 9.94 Å². The lowest BCUT2D eigenvalue weighted by Gasteiger charge is -2.28. The number of oxime groups is 1. The zero-order valence-corrected chi connectivity index (χ0v) is 11.4. The lowest BCUT2D eigenvalue weighted by Crippen LogP contribution is -2.24. The predicted octanol–water partition coefficient (Wildman–Crippen LogP) is 3.98. The van der Waals surface area contributed by atoms with Gasteiger partial charge in [0.05, 0.1) is 11.8 Å². The number of hydrogen-bond donors (Lipinski definition) is 1. The fraction of sp³-hybridized carbons (Fsp3) is 0.533. The number of halogens is 1. The van der Waals surface area contributed by atoms with Crippen molar-refractivity contribution in [3.8, 4) is 5.75 Å². The molecule has 3 nitrogen and oxygen atoms in total. The van der Waals surface area contributed by atoms with Crippen LogP contribution in [0, 0.1) is 11.7 Å². The third-order valence-corrected chi connectivity index (χ3v) is 3.67. The number of ether oxygens (including phenoxy) is 1. The van der Waals surface area contributed by atoms with E-state index < -0.39 is 0 Å². The summed E-state index contributed by atoms with van der Waals surface area (Å²) in [5.74, 6) is 0.770. The van der Waals surface area contributed by atoms with E-state index in [0.29, 0.717) is 22.9 Å². The fourth-order valence-corrected chi connectivity index (χ4v) is 2.61. The molecule has 0 spiro atoms. The maximum absolute atomic E-state index is 13.4. The van der Waals surface area contributed by atoms with E-state index >= 15 is 0 Å². The van der Waals surface area contributed by atoms with Crippen LogP contribution in [0.5, 0.6) is 5.75 Å². The van der Waals surface area contributed by atoms with Crippen LogP contribution >= 0.6 is 0 Å². The van der Waals surface area contributed by atoms with Crippen LogP contribution in [-0.2, 0) is 0 Å². The van der Waals surface area contributed by atoms with Crippen LogP contribution in [0.1, 0.15) is 45.1 Å². The molecular weight excluding hydrogens is 245 g/mol. The van der Waals surface area contributed by atoms with Crippen molar-refractivity contribution >= 4 is 5.71 Å². The quantitative estimate of drug-likeness (QED) is 0.510. The molecular formula is C15H20FNO2. The molecule has 0 aliphatic heterocycles. The largest absolute Gasteiger partial charge is 0.490 e. The molecule has 0 saturated heterocycles. The Morgan fingerprint density at radius 2 is 2.21 bits per heavy atom. The van der Waals surface area contributed by atoms with Crippen LogP contribution < -0.4 is 4.74 Å². The van der Waals surface area contributed by atoms with Crippen molar-refractivity contribution in [3.05, 3.63) is 29.6 Å². The Hall–Kier alpha value is -1.58. The molecule has 2 atom stereocenters. The predicted molar refractivity (Wildman–Crippen MR) is 72.4 cm³/mol. The van der Waals surface area contributed by atoms with Crippen molar-refractivity contribution in [2.75, 3.05) is 0 Å². The van der Waals surface area contributed by atoms with Crippen LogP contribution in [0.4, 0.5) is 4.39 Å². The van der Waals surface area contributed by atoms with Crippen molar-refractivity contribution in [1.82, 2.24) is 0 Å². The summed E-state index contributed by atoms with van der Waals surface area (Å²) >= 11 is 0. The van der Waals surface area contributed by atoms with Gasteiger partial charge in [0.2, 0.25) is 0 Å². The van der Waals surface area contributed by atoms with E-state index in [2.05, 4.69) is 12.1 Å². The summed E-state index contributed by atoms with van der Waals surface area (Å²) in [6, 6.07) is 4.30. The van der Waals surface area contributed by atoms with Gasteiger partial charge in [0.15, 0.2) is 0 Å². The molecule has 2 rings (SSSR count). The standard InChI is InChI=1S/C15H20FNO2/c1-10-4-3-5-13(8-10)19-15-9-12(16)6-7-14(15)11(2)17-18/h6-7,9-10,13,18H,3-5,8H2,1-2H3. The van der Waals surface area contributed by atoms with Gasteiger partial charge in [-0.1, -0.05) is 18.5 Å². The lowest BCUT2D eigenvalue weighted by atomic mass is 9.88. The number of nitrogens with zero attached hydrogens (tertiary/aromatic N) is 1. The molecule has 1 N–H and O–H groups in total. The first-order valence-corrected chi connectivity index (χ1v) is 6.75. The molecule has 4 heteroatoms. The highest BCUT2D eigenvalue weighted by Gasteiger charge is 2.21. The first-order chi connectivity index (χ1) is 9.10. The average Bonchev–Trinajstić information content (AvgIpc) is 2.38. The van der Waals surface area contributed by atoms with E-state index in [1.165, 1.54) is 18.6 Å². The van der Waals surface area contributed by atoms with Crippen LogP contribution in [0.15, 0.2) is 23.4 Å². The van der Waals surface area contributed by atoms with E-state index in [4.69, 9.17) is 9.94 Å². The van der Waals surface area contributed by atoms with Crippen molar-refractivity contribution in [1.29, 1.82) is 0 Å². The van der Waals surface area contributed by atoms with Gasteiger partial charge in [-0.3, -0.25) is 0 Å². The summed E-state index contributed by atoms with van der Waals surface area (Å²) < 4.78 is 19.3. The Bertz CT molecular complexity index is 473. The highest BCUT2D eigenvalue weighted by Crippen LogP contribution is 2.29. The van der Waals surface area contributed by atoms with Crippen molar-refractivity contribution < 1.29 is 14.3 Å². The second kappa shape index (κ2) is 6.04. The van der Waals surface area contributed by atoms with Crippen LogP contribution in [0.2, 0.25) is 0 Å². The van der Waals surface area contributed by atoms with Gasteiger partial charge in [0.25, 0.3) is 0 Å². The highest BCUT2D eigenvalue weighted by molar-refractivity contribution is 6.00. The highest BCUT2D eigenvalue weighted by atomic mass is 19.1. The van der Waals surface area contributed by atoms with E-state index in [-0.39, 0.29) is 11.9 Å². The Balaban J connectivity index is 2.20. The maximum Gasteiger partial charge on any atom is 0.131 e. The average molecular weight is 265 g/mol. The van der Waals surface area contributed by atoms with Crippen molar-refractivity contribution in [3.63, 3.8) is 0 Å². The Morgan fingerprint density at radius 3 is 2.89 bits per heavy atom. The molecule has 1 saturated carbocycles. The van der Waals surface area contributed by atoms with Crippen molar-refractivity contribution in [2.45, 2.75) is 45.6 Å². The third-order valence-electron chi connectivity index (χ3n) is 3.67. The Labute approximate surface area is 113 Å². The molecule has 19 heavy (non-hydrogen) atoms. The van der Waals surface area contributed by atoms with Gasteiger partial charge in [-0.15, -0.1) is 0 Å². The smallest absolute Gasteiger partial charge is 0.131 e. The van der Waals surface area contributed by atoms with Gasteiger partial charge in [0.1, 0.15) is 11.6 Å². The number of rotatable bonds is 3. The number of hydrogen-bond acceptors (Lipinski definition) is 3. The van der Waals surface area contributed by atoms with E-state index in [1.54, 1.807) is 13.0 Å². The molecule has 2 unspecified atom stereocenters. The minimum atomic E-state index is -0.339. The van der Waals surface area contributed by atoms with Gasteiger partial charge in [-0.2, -0.15) is 0 Å². The Kier molecular flexibility index (Phi) is 4.40. The molecule has 1 aliphatic carbocycles. The molecule has 1 aromatic rings. The molecule has 0 radical (unpaired) electrons. The zero-order valence-electron chi connectivity index (χ0n) is 11.4. The second-order valence-corrected chi connectivity index (χ2v) is 5.34. The summed E-state index contributed by atoms with van der Waals surface area (Å²) in [6.07, 6.45) is 4.48. The molecule has 1 fully saturated rings. The molecule has 1 aliphatic rings. The van der Waals surface area contributed by atoms with Crippen molar-refractivity contribution in [2.24, 2.45) is 11.1 Å². The fourth-order valence-electron chi connectivity index (χ4n) is 2.61. The molecule has 0 heterocycles. The molecule has 0 amide bonds. The first kappa shape index (κ1) is 13.8. The van der Waals surface area contributed by atoms with E-state index in [9.17, 15) is 4.39 Å². The third kappa shape index (κ3) is 3.46. The van der Waals surface area contributed by atoms with Gasteiger partial charge in [-0.05, 0) is 44.2 Å². The minimum Gasteiger partial charge on any atom is -0.490 e. The molecule has 104 valence electrons. The second-order valence-electron chi connectivity index (χ2n) is 5.34. The summed E-state index contributed by atoms with van der Waals surface area (Å²) in [4.78, 5) is 0. The van der Waals surface area contributed by atoms with Gasteiger partial charge in [0, 0.05) is 11.6 Å². The Morgan fingerprint density at radius 1 is 1.42 bits per heavy atom. The molecule has 0 bridgehead atoms. The molecule has 1 aromatic carbocycles. The van der Waals surface area contributed by atoms with Gasteiger partial charge in [-0.25, -0.2) is 4.39 Å². The number of benzene rings is 1. The van der Waals surface area contributed by atoms with E-state index in [0.717, 1.165) is 19.3 Å². The summed E-state index contributed by atoms with van der Waals surface area (Å²) in [6.45, 7) is 3.88. The van der Waals surface area contributed by atoms with Crippen LogP contribution in [-0.4, -0.2) is 17.0 Å². The summed E-state index contributed by atoms with van der Waals surface area (Å²) in [5.41, 5.74) is 1.07. The zero-order chi connectivity index (χ0) is 13.8. The molecule has 0 aromatic heterocycles. The van der Waals surface area contributed by atoms with Gasteiger partial charge >= 0.3 is 0 Å². The maximum atomic E-state index is 13.4. The summed E-state index contributed by atoms with van der Waals surface area (Å²) in [7, 11) is 0.